The van der Waals surface area contributed by atoms with E-state index in [0.717, 1.165) is 5.56 Å². The Morgan fingerprint density at radius 3 is 2.71 bits per heavy atom. The van der Waals surface area contributed by atoms with Crippen molar-refractivity contribution in [3.63, 3.8) is 0 Å². The predicted molar refractivity (Wildman–Crippen MR) is 98.3 cm³/mol. The van der Waals surface area contributed by atoms with E-state index in [4.69, 9.17) is 13.9 Å². The number of aromatic hydroxyl groups is 1. The fourth-order valence-corrected chi connectivity index (χ4v) is 3.63. The number of Topliss-reactive ketones (excluding diaryl/α,β-unsaturated/α-hetero) is 1. The molecule has 0 aliphatic carbocycles. The van der Waals surface area contributed by atoms with Crippen LogP contribution in [0.25, 0.3) is 6.08 Å². The number of phenolic OH excluding ortho intramolecular Hbond substituents is 1. The van der Waals surface area contributed by atoms with Crippen molar-refractivity contribution in [1.82, 2.24) is 0 Å². The van der Waals surface area contributed by atoms with Crippen molar-refractivity contribution in [2.24, 2.45) is 0 Å². The number of carbonyl (C=O) groups excluding carboxylic acids is 2. The Balaban J connectivity index is 1.65. The van der Waals surface area contributed by atoms with Crippen LogP contribution in [0.1, 0.15) is 39.6 Å². The molecule has 0 amide bonds. The number of furan rings is 1. The van der Waals surface area contributed by atoms with Crippen LogP contribution in [-0.2, 0) is 4.79 Å². The minimum Gasteiger partial charge on any atom is -0.508 e. The summed E-state index contributed by atoms with van der Waals surface area (Å²) in [5.74, 6) is 0.440. The van der Waals surface area contributed by atoms with Gasteiger partial charge in [0.15, 0.2) is 5.76 Å². The van der Waals surface area contributed by atoms with E-state index < -0.39 is 5.92 Å². The molecule has 5 rings (SSSR count). The standard InChI is InChI=1S/C22H14O6/c23-13-4-1-3-12(9-13)16-11-19(24)27-17-7-6-15-21(25)18(28-22(15)20(16)17)10-14-5-2-8-26-14/h1-10,16,23H,11H2/b18-10-/t16-/m1/s1. The molecule has 2 aliphatic rings. The first kappa shape index (κ1) is 16.4. The molecule has 2 aromatic carbocycles. The molecule has 3 heterocycles. The number of carbonyl (C=O) groups is 2. The normalized spacial score (nSPS) is 19.1. The highest BCUT2D eigenvalue weighted by Gasteiger charge is 2.38. The summed E-state index contributed by atoms with van der Waals surface area (Å²) in [6.45, 7) is 0. The van der Waals surface area contributed by atoms with Crippen molar-refractivity contribution in [1.29, 1.82) is 0 Å². The van der Waals surface area contributed by atoms with E-state index in [0.29, 0.717) is 28.4 Å². The fraction of sp³-hybridized carbons (Fsp3) is 0.0909. The molecule has 6 nitrogen and oxygen atoms in total. The van der Waals surface area contributed by atoms with Crippen molar-refractivity contribution < 1.29 is 28.6 Å². The molecule has 0 bridgehead atoms. The quantitative estimate of drug-likeness (QED) is 0.414. The van der Waals surface area contributed by atoms with Crippen LogP contribution in [-0.4, -0.2) is 16.9 Å². The third-order valence-electron chi connectivity index (χ3n) is 4.87. The number of fused-ring (bicyclic) bond motifs is 3. The van der Waals surface area contributed by atoms with Crippen molar-refractivity contribution in [2.75, 3.05) is 0 Å². The van der Waals surface area contributed by atoms with E-state index in [2.05, 4.69) is 0 Å². The molecule has 0 spiro atoms. The first-order chi connectivity index (χ1) is 13.6. The Hall–Kier alpha value is -3.80. The fourth-order valence-electron chi connectivity index (χ4n) is 3.63. The first-order valence-corrected chi connectivity index (χ1v) is 8.74. The van der Waals surface area contributed by atoms with Gasteiger partial charge in [-0.25, -0.2) is 0 Å². The monoisotopic (exact) mass is 374 g/mol. The molecule has 0 radical (unpaired) electrons. The number of benzene rings is 2. The van der Waals surface area contributed by atoms with Crippen LogP contribution >= 0.6 is 0 Å². The van der Waals surface area contributed by atoms with Gasteiger partial charge in [0.05, 0.1) is 18.2 Å². The number of phenols is 1. The van der Waals surface area contributed by atoms with Gasteiger partial charge in [0.2, 0.25) is 5.78 Å². The lowest BCUT2D eigenvalue weighted by molar-refractivity contribution is -0.135. The molecular weight excluding hydrogens is 360 g/mol. The van der Waals surface area contributed by atoms with E-state index in [9.17, 15) is 14.7 Å². The van der Waals surface area contributed by atoms with Crippen LogP contribution in [0.15, 0.2) is 65.0 Å². The molecule has 1 N–H and O–H groups in total. The largest absolute Gasteiger partial charge is 0.508 e. The zero-order valence-corrected chi connectivity index (χ0v) is 14.5. The van der Waals surface area contributed by atoms with E-state index in [1.165, 1.54) is 12.3 Å². The van der Waals surface area contributed by atoms with Gasteiger partial charge in [-0.15, -0.1) is 0 Å². The summed E-state index contributed by atoms with van der Waals surface area (Å²) in [7, 11) is 0. The highest BCUT2D eigenvalue weighted by atomic mass is 16.5. The predicted octanol–water partition coefficient (Wildman–Crippen LogP) is 4.04. The van der Waals surface area contributed by atoms with Crippen LogP contribution in [0, 0.1) is 0 Å². The van der Waals surface area contributed by atoms with Gasteiger partial charge >= 0.3 is 5.97 Å². The van der Waals surface area contributed by atoms with Crippen molar-refractivity contribution in [3.8, 4) is 17.2 Å². The number of ketones is 1. The zero-order chi connectivity index (χ0) is 19.3. The molecule has 1 atom stereocenters. The Morgan fingerprint density at radius 1 is 1.04 bits per heavy atom. The molecule has 1 aromatic heterocycles. The summed E-state index contributed by atoms with van der Waals surface area (Å²) < 4.78 is 16.6. The van der Waals surface area contributed by atoms with Crippen molar-refractivity contribution in [3.05, 3.63) is 83.0 Å². The third-order valence-corrected chi connectivity index (χ3v) is 4.87. The van der Waals surface area contributed by atoms with E-state index >= 15 is 0 Å². The molecule has 3 aromatic rings. The van der Waals surface area contributed by atoms with Gasteiger partial charge in [-0.3, -0.25) is 9.59 Å². The Kier molecular flexibility index (Phi) is 3.58. The van der Waals surface area contributed by atoms with Crippen LogP contribution in [0.5, 0.6) is 17.2 Å². The number of rotatable bonds is 2. The SMILES string of the molecule is O=C1C[C@H](c2cccc(O)c2)c2c(ccc3c2O/C(=C\c2ccco2)C3=O)O1. The average molecular weight is 374 g/mol. The van der Waals surface area contributed by atoms with Gasteiger partial charge in [-0.1, -0.05) is 12.1 Å². The maximum absolute atomic E-state index is 12.8. The van der Waals surface area contributed by atoms with Crippen molar-refractivity contribution in [2.45, 2.75) is 12.3 Å². The van der Waals surface area contributed by atoms with Crippen LogP contribution in [0.2, 0.25) is 0 Å². The lowest BCUT2D eigenvalue weighted by Gasteiger charge is -2.26. The minimum atomic E-state index is -0.394. The molecule has 28 heavy (non-hydrogen) atoms. The van der Waals surface area contributed by atoms with Crippen LogP contribution in [0.3, 0.4) is 0 Å². The van der Waals surface area contributed by atoms with E-state index in [1.54, 1.807) is 42.5 Å². The van der Waals surface area contributed by atoms with Crippen LogP contribution in [0.4, 0.5) is 0 Å². The molecule has 0 unspecified atom stereocenters. The van der Waals surface area contributed by atoms with Gasteiger partial charge < -0.3 is 19.0 Å². The maximum Gasteiger partial charge on any atom is 0.312 e. The zero-order valence-electron chi connectivity index (χ0n) is 14.5. The van der Waals surface area contributed by atoms with Gasteiger partial charge in [-0.05, 0) is 42.0 Å². The minimum absolute atomic E-state index is 0.0850. The van der Waals surface area contributed by atoms with Crippen LogP contribution < -0.4 is 9.47 Å². The summed E-state index contributed by atoms with van der Waals surface area (Å²) in [6.07, 6.45) is 3.13. The van der Waals surface area contributed by atoms with E-state index in [-0.39, 0.29) is 29.7 Å². The summed E-state index contributed by atoms with van der Waals surface area (Å²) in [6, 6.07) is 13.3. The van der Waals surface area contributed by atoms with Gasteiger partial charge in [-0.2, -0.15) is 0 Å². The number of allylic oxidation sites excluding steroid dienone is 1. The molecule has 2 aliphatic heterocycles. The Morgan fingerprint density at radius 2 is 1.93 bits per heavy atom. The van der Waals surface area contributed by atoms with Gasteiger partial charge in [0.25, 0.3) is 0 Å². The van der Waals surface area contributed by atoms with Gasteiger partial charge in [0.1, 0.15) is 23.0 Å². The molecular formula is C22H14O6. The number of ether oxygens (including phenoxy) is 2. The molecule has 0 fully saturated rings. The molecule has 0 saturated carbocycles. The first-order valence-electron chi connectivity index (χ1n) is 8.74. The molecule has 0 saturated heterocycles. The highest BCUT2D eigenvalue weighted by Crippen LogP contribution is 2.49. The second-order valence-corrected chi connectivity index (χ2v) is 6.64. The van der Waals surface area contributed by atoms with Gasteiger partial charge in [0, 0.05) is 17.6 Å². The summed E-state index contributed by atoms with van der Waals surface area (Å²) >= 11 is 0. The lowest BCUT2D eigenvalue weighted by Crippen LogP contribution is -2.21. The van der Waals surface area contributed by atoms with Crippen molar-refractivity contribution >= 4 is 17.8 Å². The topological polar surface area (TPSA) is 86.0 Å². The third kappa shape index (κ3) is 2.58. The maximum atomic E-state index is 12.8. The summed E-state index contributed by atoms with van der Waals surface area (Å²) in [4.78, 5) is 24.9. The lowest BCUT2D eigenvalue weighted by atomic mass is 9.84. The number of hydrogen-bond donors (Lipinski definition) is 1. The number of hydrogen-bond acceptors (Lipinski definition) is 6. The highest BCUT2D eigenvalue weighted by molar-refractivity contribution is 6.15. The number of esters is 1. The average Bonchev–Trinajstić information content (AvgIpc) is 3.30. The molecule has 6 heteroatoms. The smallest absolute Gasteiger partial charge is 0.312 e. The Labute approximate surface area is 159 Å². The summed E-state index contributed by atoms with van der Waals surface area (Å²) in [5, 5.41) is 9.86. The summed E-state index contributed by atoms with van der Waals surface area (Å²) in [5.41, 5.74) is 1.77. The van der Waals surface area contributed by atoms with E-state index in [1.807, 2.05) is 6.07 Å². The Bertz CT molecular complexity index is 1140. The second kappa shape index (κ2) is 6.13. The molecule has 138 valence electrons. The second-order valence-electron chi connectivity index (χ2n) is 6.64.